The van der Waals surface area contributed by atoms with Crippen LogP contribution in [0.15, 0.2) is 24.3 Å². The normalized spacial score (nSPS) is 28.2. The Morgan fingerprint density at radius 3 is 1.96 bits per heavy atom. The summed E-state index contributed by atoms with van der Waals surface area (Å²) < 4.78 is 0. The molecule has 0 saturated heterocycles. The molecular weight excluding hydrogens is 320 g/mol. The highest BCUT2D eigenvalue weighted by Gasteiger charge is 2.36. The standard InChI is InChI=1S/C24H34O2/c1-16(2)8-23(25)14-18-4-6-19(7-5-18)15-24(26)22-12-20-9-17(3)10-21(11-20)13-22/h4-7,16-17,20-22H,8-15H2,1-3H3. The third-order valence-corrected chi connectivity index (χ3v) is 6.27. The van der Waals surface area contributed by atoms with Crippen molar-refractivity contribution in [2.45, 2.75) is 72.1 Å². The van der Waals surface area contributed by atoms with Gasteiger partial charge in [-0.05, 0) is 66.9 Å². The van der Waals surface area contributed by atoms with Crippen molar-refractivity contribution in [2.75, 3.05) is 0 Å². The fraction of sp³-hybridized carbons (Fsp3) is 0.667. The van der Waals surface area contributed by atoms with Crippen LogP contribution >= 0.6 is 0 Å². The van der Waals surface area contributed by atoms with Crippen LogP contribution in [-0.2, 0) is 22.4 Å². The highest BCUT2D eigenvalue weighted by Crippen LogP contribution is 2.45. The molecule has 1 aromatic rings. The molecular formula is C24H34O2. The summed E-state index contributed by atoms with van der Waals surface area (Å²) in [5, 5.41) is 0. The van der Waals surface area contributed by atoms with Crippen LogP contribution in [0.2, 0.25) is 0 Å². The van der Waals surface area contributed by atoms with Gasteiger partial charge < -0.3 is 0 Å². The summed E-state index contributed by atoms with van der Waals surface area (Å²) in [6, 6.07) is 8.14. The van der Waals surface area contributed by atoms with E-state index in [0.717, 1.165) is 41.7 Å². The third kappa shape index (κ3) is 5.28. The van der Waals surface area contributed by atoms with Gasteiger partial charge in [-0.3, -0.25) is 9.59 Å². The Labute approximate surface area is 158 Å². The maximum Gasteiger partial charge on any atom is 0.140 e. The number of ketones is 2. The van der Waals surface area contributed by atoms with Crippen LogP contribution in [0, 0.1) is 29.6 Å². The molecule has 0 aliphatic heterocycles. The van der Waals surface area contributed by atoms with Gasteiger partial charge in [0, 0.05) is 25.2 Å². The van der Waals surface area contributed by atoms with Crippen molar-refractivity contribution in [3.8, 4) is 0 Å². The maximum absolute atomic E-state index is 12.8. The van der Waals surface area contributed by atoms with E-state index in [0.29, 0.717) is 36.7 Å². The monoisotopic (exact) mass is 354 g/mol. The number of Topliss-reactive ketones (excluding diaryl/α,β-unsaturated/α-hetero) is 2. The van der Waals surface area contributed by atoms with Crippen molar-refractivity contribution in [1.29, 1.82) is 0 Å². The first-order chi connectivity index (χ1) is 12.4. The molecule has 2 unspecified atom stereocenters. The lowest BCUT2D eigenvalue weighted by Crippen LogP contribution is -2.34. The van der Waals surface area contributed by atoms with E-state index in [2.05, 4.69) is 20.8 Å². The van der Waals surface area contributed by atoms with E-state index >= 15 is 0 Å². The molecule has 3 rings (SSSR count). The van der Waals surface area contributed by atoms with Crippen LogP contribution in [0.4, 0.5) is 0 Å². The Morgan fingerprint density at radius 2 is 1.42 bits per heavy atom. The summed E-state index contributed by atoms with van der Waals surface area (Å²) in [6.07, 6.45) is 7.92. The van der Waals surface area contributed by atoms with E-state index in [-0.39, 0.29) is 5.92 Å². The quantitative estimate of drug-likeness (QED) is 0.655. The minimum absolute atomic E-state index is 0.276. The number of carbonyl (C=O) groups excluding carboxylic acids is 2. The molecule has 2 nitrogen and oxygen atoms in total. The van der Waals surface area contributed by atoms with Gasteiger partial charge in [0.15, 0.2) is 0 Å². The first kappa shape index (κ1) is 19.3. The number of fused-ring (bicyclic) bond motifs is 2. The molecule has 0 amide bonds. The number of benzene rings is 1. The minimum atomic E-state index is 0.276. The molecule has 2 fully saturated rings. The second-order valence-electron chi connectivity index (χ2n) is 9.49. The molecule has 0 heterocycles. The summed E-state index contributed by atoms with van der Waals surface area (Å²) in [4.78, 5) is 24.8. The number of hydrogen-bond acceptors (Lipinski definition) is 2. The molecule has 0 radical (unpaired) electrons. The Kier molecular flexibility index (Phi) is 6.32. The number of carbonyl (C=O) groups is 2. The average Bonchev–Trinajstić information content (AvgIpc) is 2.54. The fourth-order valence-corrected chi connectivity index (χ4v) is 5.32. The van der Waals surface area contributed by atoms with Crippen molar-refractivity contribution in [3.63, 3.8) is 0 Å². The molecule has 2 aliphatic carbocycles. The summed E-state index contributed by atoms with van der Waals surface area (Å²) in [5.74, 6) is 3.82. The van der Waals surface area contributed by atoms with Crippen LogP contribution < -0.4 is 0 Å². The van der Waals surface area contributed by atoms with E-state index in [1.807, 2.05) is 24.3 Å². The summed E-state index contributed by atoms with van der Waals surface area (Å²) in [5.41, 5.74) is 2.16. The number of hydrogen-bond donors (Lipinski definition) is 0. The molecule has 2 atom stereocenters. The van der Waals surface area contributed by atoms with Gasteiger partial charge in [0.2, 0.25) is 0 Å². The zero-order valence-electron chi connectivity index (χ0n) is 16.7. The highest BCUT2D eigenvalue weighted by atomic mass is 16.1. The van der Waals surface area contributed by atoms with Gasteiger partial charge >= 0.3 is 0 Å². The molecule has 2 aliphatic rings. The lowest BCUT2D eigenvalue weighted by Gasteiger charge is -2.41. The van der Waals surface area contributed by atoms with Gasteiger partial charge in [-0.25, -0.2) is 0 Å². The molecule has 2 heteroatoms. The Bertz CT molecular complexity index is 610. The second kappa shape index (κ2) is 8.50. The van der Waals surface area contributed by atoms with Gasteiger partial charge in [-0.1, -0.05) is 45.0 Å². The van der Waals surface area contributed by atoms with Crippen LogP contribution in [0.5, 0.6) is 0 Å². The lowest BCUT2D eigenvalue weighted by atomic mass is 9.64. The Balaban J connectivity index is 1.52. The van der Waals surface area contributed by atoms with Gasteiger partial charge in [-0.15, -0.1) is 0 Å². The van der Waals surface area contributed by atoms with E-state index in [9.17, 15) is 9.59 Å². The van der Waals surface area contributed by atoms with Crippen molar-refractivity contribution in [3.05, 3.63) is 35.4 Å². The summed E-state index contributed by atoms with van der Waals surface area (Å²) in [6.45, 7) is 6.52. The average molecular weight is 355 g/mol. The van der Waals surface area contributed by atoms with Gasteiger partial charge in [0.25, 0.3) is 0 Å². The molecule has 0 aromatic heterocycles. The minimum Gasteiger partial charge on any atom is -0.299 e. The molecule has 0 spiro atoms. The highest BCUT2D eigenvalue weighted by molar-refractivity contribution is 5.83. The van der Waals surface area contributed by atoms with Crippen molar-refractivity contribution >= 4 is 11.6 Å². The topological polar surface area (TPSA) is 34.1 Å². The van der Waals surface area contributed by atoms with Crippen molar-refractivity contribution < 1.29 is 9.59 Å². The summed E-state index contributed by atoms with van der Waals surface area (Å²) in [7, 11) is 0. The molecule has 2 bridgehead atoms. The number of rotatable bonds is 7. The molecule has 142 valence electrons. The molecule has 0 N–H and O–H groups in total. The second-order valence-corrected chi connectivity index (χ2v) is 9.49. The predicted molar refractivity (Wildman–Crippen MR) is 106 cm³/mol. The predicted octanol–water partition coefficient (Wildman–Crippen LogP) is 5.42. The van der Waals surface area contributed by atoms with Crippen LogP contribution in [0.25, 0.3) is 0 Å². The Morgan fingerprint density at radius 1 is 0.885 bits per heavy atom. The van der Waals surface area contributed by atoms with Gasteiger partial charge in [0.05, 0.1) is 0 Å². The van der Waals surface area contributed by atoms with E-state index < -0.39 is 0 Å². The first-order valence-corrected chi connectivity index (χ1v) is 10.5. The third-order valence-electron chi connectivity index (χ3n) is 6.27. The lowest BCUT2D eigenvalue weighted by molar-refractivity contribution is -0.125. The van der Waals surface area contributed by atoms with Crippen LogP contribution in [0.1, 0.15) is 70.4 Å². The van der Waals surface area contributed by atoms with Crippen molar-refractivity contribution in [1.82, 2.24) is 0 Å². The van der Waals surface area contributed by atoms with Crippen molar-refractivity contribution in [2.24, 2.45) is 29.6 Å². The largest absolute Gasteiger partial charge is 0.299 e. The van der Waals surface area contributed by atoms with E-state index in [4.69, 9.17) is 0 Å². The molecule has 26 heavy (non-hydrogen) atoms. The smallest absolute Gasteiger partial charge is 0.140 e. The van der Waals surface area contributed by atoms with Crippen LogP contribution in [-0.4, -0.2) is 11.6 Å². The SMILES string of the molecule is CC(C)CC(=O)Cc1ccc(CC(=O)C2CC3CC(C)CC(C3)C2)cc1. The first-order valence-electron chi connectivity index (χ1n) is 10.5. The summed E-state index contributed by atoms with van der Waals surface area (Å²) >= 11 is 0. The fourth-order valence-electron chi connectivity index (χ4n) is 5.32. The van der Waals surface area contributed by atoms with Gasteiger partial charge in [-0.2, -0.15) is 0 Å². The molecule has 2 saturated carbocycles. The van der Waals surface area contributed by atoms with Crippen LogP contribution in [0.3, 0.4) is 0 Å². The zero-order valence-corrected chi connectivity index (χ0v) is 16.7. The van der Waals surface area contributed by atoms with Gasteiger partial charge in [0.1, 0.15) is 11.6 Å². The molecule has 1 aromatic carbocycles. The van der Waals surface area contributed by atoms with E-state index in [1.165, 1.54) is 19.3 Å². The van der Waals surface area contributed by atoms with E-state index in [1.54, 1.807) is 0 Å². The zero-order chi connectivity index (χ0) is 18.7. The maximum atomic E-state index is 12.8. The Hall–Kier alpha value is -1.44.